The number of pyridine rings is 1. The summed E-state index contributed by atoms with van der Waals surface area (Å²) in [5.74, 6) is 0.461. The lowest BCUT2D eigenvalue weighted by Crippen LogP contribution is -2.33. The van der Waals surface area contributed by atoms with Gasteiger partial charge in [-0.15, -0.1) is 0 Å². The Labute approximate surface area is 113 Å². The summed E-state index contributed by atoms with van der Waals surface area (Å²) in [4.78, 5) is 4.68. The molecule has 0 spiro atoms. The van der Waals surface area contributed by atoms with Crippen molar-refractivity contribution < 1.29 is 4.74 Å². The average molecular weight is 256 g/mol. The quantitative estimate of drug-likeness (QED) is 0.918. The minimum atomic E-state index is 0.138. The van der Waals surface area contributed by atoms with Crippen molar-refractivity contribution >= 4 is 10.9 Å². The predicted molar refractivity (Wildman–Crippen MR) is 76.9 cm³/mol. The maximum Gasteiger partial charge on any atom is 0.0705 e. The molecule has 3 atom stereocenters. The third-order valence-electron chi connectivity index (χ3n) is 3.94. The van der Waals surface area contributed by atoms with Crippen LogP contribution >= 0.6 is 0 Å². The van der Waals surface area contributed by atoms with Gasteiger partial charge < -0.3 is 10.5 Å². The van der Waals surface area contributed by atoms with Crippen LogP contribution in [0, 0.1) is 5.92 Å². The Morgan fingerprint density at radius 2 is 2.16 bits per heavy atom. The van der Waals surface area contributed by atoms with Gasteiger partial charge in [-0.1, -0.05) is 24.3 Å². The second-order valence-electron chi connectivity index (χ2n) is 5.50. The van der Waals surface area contributed by atoms with Gasteiger partial charge in [0.1, 0.15) is 0 Å². The van der Waals surface area contributed by atoms with Crippen molar-refractivity contribution in [3.8, 4) is 0 Å². The van der Waals surface area contributed by atoms with E-state index in [2.05, 4.69) is 30.1 Å². The maximum atomic E-state index is 6.30. The number of benzene rings is 1. The van der Waals surface area contributed by atoms with Crippen LogP contribution in [0.5, 0.6) is 0 Å². The van der Waals surface area contributed by atoms with Crippen LogP contribution in [0.15, 0.2) is 36.4 Å². The summed E-state index contributed by atoms with van der Waals surface area (Å²) >= 11 is 0. The molecule has 2 N–H and O–H groups in total. The third-order valence-corrected chi connectivity index (χ3v) is 3.94. The van der Waals surface area contributed by atoms with Crippen molar-refractivity contribution in [3.05, 3.63) is 42.1 Å². The highest BCUT2D eigenvalue weighted by Gasteiger charge is 2.27. The molecule has 3 unspecified atom stereocenters. The van der Waals surface area contributed by atoms with E-state index in [9.17, 15) is 0 Å². The molecule has 3 heteroatoms. The molecular formula is C16H20N2O. The van der Waals surface area contributed by atoms with Gasteiger partial charge in [-0.05, 0) is 25.5 Å². The first-order valence-electron chi connectivity index (χ1n) is 6.94. The van der Waals surface area contributed by atoms with E-state index < -0.39 is 0 Å². The van der Waals surface area contributed by atoms with Crippen LogP contribution in [0.3, 0.4) is 0 Å². The second-order valence-corrected chi connectivity index (χ2v) is 5.50. The predicted octanol–water partition coefficient (Wildman–Crippen LogP) is 2.53. The molecule has 3 nitrogen and oxygen atoms in total. The molecule has 2 heterocycles. The molecule has 1 aromatic carbocycles. The summed E-state index contributed by atoms with van der Waals surface area (Å²) < 4.78 is 5.59. The molecule has 2 aromatic rings. The smallest absolute Gasteiger partial charge is 0.0705 e. The Bertz CT molecular complexity index is 569. The summed E-state index contributed by atoms with van der Waals surface area (Å²) in [6.07, 6.45) is 2.24. The zero-order valence-electron chi connectivity index (χ0n) is 11.3. The van der Waals surface area contributed by atoms with Crippen LogP contribution in [0.25, 0.3) is 10.9 Å². The molecule has 0 amide bonds. The number of para-hydroxylation sites is 1. The number of nitrogens with two attached hydrogens (primary N) is 1. The molecule has 1 aromatic heterocycles. The molecule has 100 valence electrons. The van der Waals surface area contributed by atoms with E-state index in [1.807, 2.05) is 18.2 Å². The highest BCUT2D eigenvalue weighted by Crippen LogP contribution is 2.23. The van der Waals surface area contributed by atoms with Crippen LogP contribution < -0.4 is 5.73 Å². The number of hydrogen-bond donors (Lipinski definition) is 1. The Hall–Kier alpha value is -1.45. The number of aromatic nitrogens is 1. The van der Waals surface area contributed by atoms with Crippen LogP contribution in [0.4, 0.5) is 0 Å². The normalized spacial score (nSPS) is 24.7. The number of fused-ring (bicyclic) bond motifs is 1. The zero-order chi connectivity index (χ0) is 13.2. The van der Waals surface area contributed by atoms with Crippen molar-refractivity contribution in [3.63, 3.8) is 0 Å². The number of ether oxygens (including phenoxy) is 1. The first kappa shape index (κ1) is 12.6. The van der Waals surface area contributed by atoms with E-state index in [-0.39, 0.29) is 6.04 Å². The molecular weight excluding hydrogens is 236 g/mol. The van der Waals surface area contributed by atoms with Crippen molar-refractivity contribution in [1.82, 2.24) is 4.98 Å². The largest absolute Gasteiger partial charge is 0.378 e. The minimum absolute atomic E-state index is 0.138. The standard InChI is InChI=1S/C16H20N2O/c1-11-8-13(10-19-11)15(17)9-14-7-6-12-4-2-3-5-16(12)18-14/h2-7,11,13,15H,8-10,17H2,1H3. The van der Waals surface area contributed by atoms with E-state index in [1.165, 1.54) is 5.39 Å². The van der Waals surface area contributed by atoms with E-state index in [0.29, 0.717) is 12.0 Å². The number of nitrogens with zero attached hydrogens (tertiary/aromatic N) is 1. The van der Waals surface area contributed by atoms with Crippen molar-refractivity contribution in [1.29, 1.82) is 0 Å². The van der Waals surface area contributed by atoms with Gasteiger partial charge in [0.05, 0.1) is 18.2 Å². The lowest BCUT2D eigenvalue weighted by molar-refractivity contribution is 0.118. The lowest BCUT2D eigenvalue weighted by atomic mass is 9.94. The van der Waals surface area contributed by atoms with Gasteiger partial charge in [-0.25, -0.2) is 0 Å². The van der Waals surface area contributed by atoms with E-state index in [4.69, 9.17) is 10.5 Å². The maximum absolute atomic E-state index is 6.30. The first-order valence-corrected chi connectivity index (χ1v) is 6.94. The Morgan fingerprint density at radius 1 is 1.32 bits per heavy atom. The molecule has 1 aliphatic heterocycles. The Kier molecular flexibility index (Phi) is 3.49. The monoisotopic (exact) mass is 256 g/mol. The SMILES string of the molecule is CC1CC(C(N)Cc2ccc3ccccc3n2)CO1. The molecule has 1 aliphatic rings. The van der Waals surface area contributed by atoms with E-state index in [0.717, 1.165) is 30.7 Å². The number of hydrogen-bond acceptors (Lipinski definition) is 3. The van der Waals surface area contributed by atoms with Gasteiger partial charge in [-0.2, -0.15) is 0 Å². The lowest BCUT2D eigenvalue weighted by Gasteiger charge is -2.17. The van der Waals surface area contributed by atoms with Gasteiger partial charge >= 0.3 is 0 Å². The fourth-order valence-corrected chi connectivity index (χ4v) is 2.78. The summed E-state index contributed by atoms with van der Waals surface area (Å²) in [7, 11) is 0. The second kappa shape index (κ2) is 5.27. The molecule has 0 aliphatic carbocycles. The fourth-order valence-electron chi connectivity index (χ4n) is 2.78. The van der Waals surface area contributed by atoms with Crippen molar-refractivity contribution in [2.45, 2.75) is 31.9 Å². The molecule has 0 bridgehead atoms. The molecule has 1 fully saturated rings. The molecule has 3 rings (SSSR count). The van der Waals surface area contributed by atoms with Crippen LogP contribution in [-0.2, 0) is 11.2 Å². The fraction of sp³-hybridized carbons (Fsp3) is 0.438. The highest BCUT2D eigenvalue weighted by atomic mass is 16.5. The van der Waals surface area contributed by atoms with E-state index >= 15 is 0 Å². The topological polar surface area (TPSA) is 48.1 Å². The summed E-state index contributed by atoms with van der Waals surface area (Å²) in [5.41, 5.74) is 8.42. The van der Waals surface area contributed by atoms with Crippen molar-refractivity contribution in [2.75, 3.05) is 6.61 Å². The van der Waals surface area contributed by atoms with Gasteiger partial charge in [0.25, 0.3) is 0 Å². The number of rotatable bonds is 3. The van der Waals surface area contributed by atoms with Gasteiger partial charge in [0.2, 0.25) is 0 Å². The summed E-state index contributed by atoms with van der Waals surface area (Å²) in [5, 5.41) is 1.18. The Balaban J connectivity index is 1.74. The molecule has 0 radical (unpaired) electrons. The van der Waals surface area contributed by atoms with Crippen molar-refractivity contribution in [2.24, 2.45) is 11.7 Å². The molecule has 0 saturated carbocycles. The minimum Gasteiger partial charge on any atom is -0.378 e. The highest BCUT2D eigenvalue weighted by molar-refractivity contribution is 5.78. The zero-order valence-corrected chi connectivity index (χ0v) is 11.3. The average Bonchev–Trinajstić information content (AvgIpc) is 2.85. The van der Waals surface area contributed by atoms with Gasteiger partial charge in [0, 0.05) is 29.5 Å². The van der Waals surface area contributed by atoms with E-state index in [1.54, 1.807) is 0 Å². The molecule has 1 saturated heterocycles. The summed E-state index contributed by atoms with van der Waals surface area (Å²) in [6.45, 7) is 2.90. The third kappa shape index (κ3) is 2.77. The van der Waals surface area contributed by atoms with Gasteiger partial charge in [-0.3, -0.25) is 4.98 Å². The summed E-state index contributed by atoms with van der Waals surface area (Å²) in [6, 6.07) is 12.5. The first-order chi connectivity index (χ1) is 9.22. The molecule has 19 heavy (non-hydrogen) atoms. The van der Waals surface area contributed by atoms with Crippen LogP contribution in [0.1, 0.15) is 19.0 Å². The van der Waals surface area contributed by atoms with Crippen LogP contribution in [-0.4, -0.2) is 23.7 Å². The Morgan fingerprint density at radius 3 is 2.95 bits per heavy atom. The van der Waals surface area contributed by atoms with Crippen LogP contribution in [0.2, 0.25) is 0 Å². The van der Waals surface area contributed by atoms with Gasteiger partial charge in [0.15, 0.2) is 0 Å².